The molecule has 1 aliphatic rings. The fraction of sp³-hybridized carbons (Fsp3) is 0.650. The van der Waals surface area contributed by atoms with E-state index in [0.717, 1.165) is 49.7 Å². The summed E-state index contributed by atoms with van der Waals surface area (Å²) in [5.74, 6) is 2.09. The van der Waals surface area contributed by atoms with Crippen molar-refractivity contribution in [3.05, 3.63) is 29.3 Å². The first-order valence-electron chi connectivity index (χ1n) is 9.17. The highest BCUT2D eigenvalue weighted by molar-refractivity contribution is 5.77. The van der Waals surface area contributed by atoms with Crippen LogP contribution in [0, 0.1) is 12.8 Å². The molecule has 0 saturated carbocycles. The summed E-state index contributed by atoms with van der Waals surface area (Å²) >= 11 is 0. The molecule has 1 fully saturated rings. The van der Waals surface area contributed by atoms with E-state index >= 15 is 0 Å². The third-order valence-electron chi connectivity index (χ3n) is 4.91. The second-order valence-corrected chi connectivity index (χ2v) is 7.20. The summed E-state index contributed by atoms with van der Waals surface area (Å²) in [7, 11) is 1.99. The maximum atomic E-state index is 12.4. The van der Waals surface area contributed by atoms with Crippen LogP contribution in [-0.4, -0.2) is 44.1 Å². The molecule has 134 valence electrons. The molecule has 0 aromatic heterocycles. The first-order valence-corrected chi connectivity index (χ1v) is 9.17. The minimum absolute atomic E-state index is 0.110. The number of hydrogen-bond donors (Lipinski definition) is 1. The van der Waals surface area contributed by atoms with Gasteiger partial charge in [0.05, 0.1) is 0 Å². The van der Waals surface area contributed by atoms with Crippen LogP contribution in [0.25, 0.3) is 0 Å². The molecule has 0 bridgehead atoms. The summed E-state index contributed by atoms with van der Waals surface area (Å²) in [6.45, 7) is 9.28. The van der Waals surface area contributed by atoms with Gasteiger partial charge in [0.2, 0.25) is 0 Å². The molecule has 0 atom stereocenters. The molecular formula is C20H32N2O2. The van der Waals surface area contributed by atoms with Crippen LogP contribution in [0.5, 0.6) is 5.75 Å². The molecule has 1 aliphatic heterocycles. The molecule has 24 heavy (non-hydrogen) atoms. The van der Waals surface area contributed by atoms with Gasteiger partial charge in [0, 0.05) is 13.1 Å². The second-order valence-electron chi connectivity index (χ2n) is 7.20. The fourth-order valence-corrected chi connectivity index (χ4v) is 3.29. The van der Waals surface area contributed by atoms with E-state index < -0.39 is 0 Å². The van der Waals surface area contributed by atoms with Gasteiger partial charge in [-0.15, -0.1) is 0 Å². The van der Waals surface area contributed by atoms with Gasteiger partial charge in [0.25, 0.3) is 5.91 Å². The van der Waals surface area contributed by atoms with E-state index in [9.17, 15) is 4.79 Å². The van der Waals surface area contributed by atoms with Gasteiger partial charge < -0.3 is 15.0 Å². The largest absolute Gasteiger partial charge is 0.483 e. The van der Waals surface area contributed by atoms with Crippen molar-refractivity contribution < 1.29 is 9.53 Å². The average Bonchev–Trinajstić information content (AvgIpc) is 2.58. The van der Waals surface area contributed by atoms with E-state index in [0.29, 0.717) is 5.92 Å². The Labute approximate surface area is 146 Å². The molecule has 0 spiro atoms. The van der Waals surface area contributed by atoms with Crippen molar-refractivity contribution in [1.82, 2.24) is 10.2 Å². The number of aryl methyl sites for hydroxylation is 1. The molecule has 1 N–H and O–H groups in total. The highest BCUT2D eigenvalue weighted by Gasteiger charge is 2.23. The number of nitrogens with zero attached hydrogens (tertiary/aromatic N) is 1. The lowest BCUT2D eigenvalue weighted by Crippen LogP contribution is -2.41. The lowest BCUT2D eigenvalue weighted by molar-refractivity contribution is -0.134. The van der Waals surface area contributed by atoms with Crippen molar-refractivity contribution in [2.45, 2.75) is 46.0 Å². The summed E-state index contributed by atoms with van der Waals surface area (Å²) in [4.78, 5) is 14.4. The molecule has 0 unspecified atom stereocenters. The lowest BCUT2D eigenvalue weighted by Gasteiger charge is -2.32. The van der Waals surface area contributed by atoms with Gasteiger partial charge in [0.15, 0.2) is 6.61 Å². The van der Waals surface area contributed by atoms with E-state index in [-0.39, 0.29) is 12.5 Å². The quantitative estimate of drug-likeness (QED) is 0.832. The third-order valence-corrected chi connectivity index (χ3v) is 4.91. The maximum absolute atomic E-state index is 12.4. The molecule has 4 nitrogen and oxygen atoms in total. The molecular weight excluding hydrogens is 300 g/mol. The molecule has 2 rings (SSSR count). The molecule has 0 radical (unpaired) electrons. The van der Waals surface area contributed by atoms with Crippen LogP contribution in [0.2, 0.25) is 0 Å². The Bertz CT molecular complexity index is 534. The number of piperidine rings is 1. The van der Waals surface area contributed by atoms with Gasteiger partial charge in [-0.05, 0) is 68.8 Å². The molecule has 1 amide bonds. The van der Waals surface area contributed by atoms with E-state index in [2.05, 4.69) is 38.2 Å². The Morgan fingerprint density at radius 2 is 2.04 bits per heavy atom. The van der Waals surface area contributed by atoms with E-state index in [1.165, 1.54) is 12.0 Å². The predicted octanol–water partition coefficient (Wildman–Crippen LogP) is 3.35. The summed E-state index contributed by atoms with van der Waals surface area (Å²) in [6, 6.07) is 6.24. The Morgan fingerprint density at radius 1 is 1.33 bits per heavy atom. The topological polar surface area (TPSA) is 41.6 Å². The summed E-state index contributed by atoms with van der Waals surface area (Å²) in [6.07, 6.45) is 3.42. The highest BCUT2D eigenvalue weighted by atomic mass is 16.5. The molecule has 1 aromatic rings. The predicted molar refractivity (Wildman–Crippen MR) is 98.6 cm³/mol. The number of carbonyl (C=O) groups is 1. The highest BCUT2D eigenvalue weighted by Crippen LogP contribution is 2.27. The molecule has 0 aliphatic carbocycles. The number of amides is 1. The Kier molecular flexibility index (Phi) is 7.10. The number of nitrogens with one attached hydrogen (secondary N) is 1. The Morgan fingerprint density at radius 3 is 2.67 bits per heavy atom. The SMILES string of the molecule is CNCCC1CCN(C(=O)COc2cc(C)ccc2C(C)C)CC1. The standard InChI is InChI=1S/C20H32N2O2/c1-15(2)18-6-5-16(3)13-19(18)24-14-20(23)22-11-8-17(9-12-22)7-10-21-4/h5-6,13,15,17,21H,7-12,14H2,1-4H3. The Balaban J connectivity index is 1.85. The van der Waals surface area contributed by atoms with Crippen molar-refractivity contribution in [3.8, 4) is 5.75 Å². The van der Waals surface area contributed by atoms with E-state index in [4.69, 9.17) is 4.74 Å². The second kappa shape index (κ2) is 9.07. The van der Waals surface area contributed by atoms with Crippen molar-refractivity contribution in [2.24, 2.45) is 5.92 Å². The monoisotopic (exact) mass is 332 g/mol. The van der Waals surface area contributed by atoms with Crippen LogP contribution in [0.3, 0.4) is 0 Å². The lowest BCUT2D eigenvalue weighted by atomic mass is 9.93. The van der Waals surface area contributed by atoms with Crippen LogP contribution < -0.4 is 10.1 Å². The average molecular weight is 332 g/mol. The summed E-state index contributed by atoms with van der Waals surface area (Å²) in [5.41, 5.74) is 2.33. The molecule has 1 heterocycles. The fourth-order valence-electron chi connectivity index (χ4n) is 3.29. The van der Waals surface area contributed by atoms with Gasteiger partial charge in [0.1, 0.15) is 5.75 Å². The van der Waals surface area contributed by atoms with Gasteiger partial charge in [-0.25, -0.2) is 0 Å². The first kappa shape index (κ1) is 18.8. The third kappa shape index (κ3) is 5.23. The number of carbonyl (C=O) groups excluding carboxylic acids is 1. The van der Waals surface area contributed by atoms with Crippen LogP contribution in [-0.2, 0) is 4.79 Å². The van der Waals surface area contributed by atoms with Crippen molar-refractivity contribution in [1.29, 1.82) is 0 Å². The first-order chi connectivity index (χ1) is 11.5. The van der Waals surface area contributed by atoms with Crippen molar-refractivity contribution in [2.75, 3.05) is 33.3 Å². The zero-order chi connectivity index (χ0) is 17.5. The number of likely N-dealkylation sites (tertiary alicyclic amines) is 1. The van der Waals surface area contributed by atoms with Crippen LogP contribution in [0.4, 0.5) is 0 Å². The summed E-state index contributed by atoms with van der Waals surface area (Å²) < 4.78 is 5.88. The summed E-state index contributed by atoms with van der Waals surface area (Å²) in [5, 5.41) is 3.21. The van der Waals surface area contributed by atoms with Crippen molar-refractivity contribution in [3.63, 3.8) is 0 Å². The van der Waals surface area contributed by atoms with Crippen LogP contribution in [0.1, 0.15) is 50.2 Å². The minimum atomic E-state index is 0.110. The van der Waals surface area contributed by atoms with Crippen LogP contribution >= 0.6 is 0 Å². The van der Waals surface area contributed by atoms with Gasteiger partial charge in [-0.2, -0.15) is 0 Å². The Hall–Kier alpha value is -1.55. The van der Waals surface area contributed by atoms with Crippen molar-refractivity contribution >= 4 is 5.91 Å². The number of hydrogen-bond acceptors (Lipinski definition) is 3. The molecule has 1 aromatic carbocycles. The smallest absolute Gasteiger partial charge is 0.260 e. The maximum Gasteiger partial charge on any atom is 0.260 e. The van der Waals surface area contributed by atoms with Crippen LogP contribution in [0.15, 0.2) is 18.2 Å². The molecule has 4 heteroatoms. The van der Waals surface area contributed by atoms with Gasteiger partial charge in [-0.1, -0.05) is 26.0 Å². The minimum Gasteiger partial charge on any atom is -0.483 e. The van der Waals surface area contributed by atoms with E-state index in [1.807, 2.05) is 18.0 Å². The van der Waals surface area contributed by atoms with Gasteiger partial charge >= 0.3 is 0 Å². The number of rotatable bonds is 7. The number of benzene rings is 1. The van der Waals surface area contributed by atoms with Gasteiger partial charge in [-0.3, -0.25) is 4.79 Å². The molecule has 1 saturated heterocycles. The zero-order valence-corrected chi connectivity index (χ0v) is 15.6. The number of ether oxygens (including phenoxy) is 1. The van der Waals surface area contributed by atoms with E-state index in [1.54, 1.807) is 0 Å². The normalized spacial score (nSPS) is 15.8. The zero-order valence-electron chi connectivity index (χ0n) is 15.6.